The van der Waals surface area contributed by atoms with Crippen LogP contribution in [0.25, 0.3) is 86.6 Å². The normalized spacial score (nSPS) is 11.5. The molecule has 0 saturated carbocycles. The molecule has 0 amide bonds. The van der Waals surface area contributed by atoms with Gasteiger partial charge in [0.25, 0.3) is 0 Å². The van der Waals surface area contributed by atoms with E-state index in [2.05, 4.69) is 211 Å². The molecule has 0 atom stereocenters. The lowest BCUT2D eigenvalue weighted by atomic mass is 9.97. The Bertz CT molecular complexity index is 3210. The molecule has 11 aromatic rings. The number of furan rings is 1. The highest BCUT2D eigenvalue weighted by molar-refractivity contribution is 7.25. The Morgan fingerprint density at radius 3 is 1.56 bits per heavy atom. The summed E-state index contributed by atoms with van der Waals surface area (Å²) in [5.74, 6) is 0. The van der Waals surface area contributed by atoms with Crippen LogP contribution in [0.15, 0.2) is 217 Å². The van der Waals surface area contributed by atoms with E-state index in [-0.39, 0.29) is 0 Å². The quantitative estimate of drug-likeness (QED) is 0.162. The summed E-state index contributed by atoms with van der Waals surface area (Å²) < 4.78 is 9.47. The van der Waals surface area contributed by atoms with Crippen molar-refractivity contribution in [1.29, 1.82) is 0 Å². The molecule has 0 spiro atoms. The third kappa shape index (κ3) is 5.88. The van der Waals surface area contributed by atoms with Crippen LogP contribution in [0.1, 0.15) is 0 Å². The van der Waals surface area contributed by atoms with Gasteiger partial charge < -0.3 is 9.32 Å². The Morgan fingerprint density at radius 2 is 0.860 bits per heavy atom. The molecule has 11 rings (SSSR count). The van der Waals surface area contributed by atoms with E-state index in [1.165, 1.54) is 48.0 Å². The fraction of sp³-hybridized carbons (Fsp3) is 0. The zero-order valence-corrected chi connectivity index (χ0v) is 31.8. The average Bonchev–Trinajstić information content (AvgIpc) is 3.86. The Morgan fingerprint density at radius 1 is 0.333 bits per heavy atom. The molecule has 2 nitrogen and oxygen atoms in total. The summed E-state index contributed by atoms with van der Waals surface area (Å²) >= 11 is 1.85. The third-order valence-electron chi connectivity index (χ3n) is 11.1. The van der Waals surface area contributed by atoms with Gasteiger partial charge in [-0.1, -0.05) is 152 Å². The summed E-state index contributed by atoms with van der Waals surface area (Å²) in [7, 11) is 0. The predicted molar refractivity (Wildman–Crippen MR) is 243 cm³/mol. The van der Waals surface area contributed by atoms with E-state index in [1.807, 2.05) is 17.4 Å². The lowest BCUT2D eigenvalue weighted by Gasteiger charge is -2.28. The zero-order chi connectivity index (χ0) is 37.7. The van der Waals surface area contributed by atoms with E-state index in [0.29, 0.717) is 0 Å². The first-order chi connectivity index (χ1) is 28.2. The molecule has 3 heteroatoms. The molecule has 0 bridgehead atoms. The standard InChI is InChI=1S/C54H35NOS/c1-3-12-36(13-4-1)40-16-11-17-41(34-40)37-22-27-43(28-23-37)55(44-29-24-38(25-30-44)42-26-33-52-49(35-42)47-19-8-10-21-51(47)57-52)53-45(39-14-5-2-6-15-39)31-32-48-46-18-7-9-20-50(46)56-54(48)53/h1-35H. The van der Waals surface area contributed by atoms with Crippen LogP contribution in [0.3, 0.4) is 0 Å². The fourth-order valence-electron chi connectivity index (χ4n) is 8.28. The Labute approximate surface area is 335 Å². The van der Waals surface area contributed by atoms with Crippen LogP contribution < -0.4 is 4.90 Å². The summed E-state index contributed by atoms with van der Waals surface area (Å²) in [6.45, 7) is 0. The van der Waals surface area contributed by atoms with Crippen molar-refractivity contribution < 1.29 is 4.42 Å². The van der Waals surface area contributed by atoms with Crippen LogP contribution in [-0.2, 0) is 0 Å². The molecule has 0 saturated heterocycles. The van der Waals surface area contributed by atoms with Gasteiger partial charge in [0.05, 0.1) is 5.69 Å². The molecule has 0 aliphatic carbocycles. The second-order valence-corrected chi connectivity index (χ2v) is 15.6. The molecule has 9 aromatic carbocycles. The minimum absolute atomic E-state index is 0.857. The van der Waals surface area contributed by atoms with Gasteiger partial charge in [0, 0.05) is 47.9 Å². The van der Waals surface area contributed by atoms with Gasteiger partial charge in [-0.25, -0.2) is 0 Å². The molecular weight excluding hydrogens is 711 g/mol. The number of hydrogen-bond donors (Lipinski definition) is 0. The zero-order valence-electron chi connectivity index (χ0n) is 31.0. The molecule has 0 radical (unpaired) electrons. The van der Waals surface area contributed by atoms with Gasteiger partial charge in [-0.15, -0.1) is 11.3 Å². The monoisotopic (exact) mass is 745 g/mol. The first kappa shape index (κ1) is 33.2. The number of thiophene rings is 1. The summed E-state index contributed by atoms with van der Waals surface area (Å²) in [5, 5.41) is 4.81. The van der Waals surface area contributed by atoms with Crippen LogP contribution >= 0.6 is 11.3 Å². The molecule has 0 fully saturated rings. The number of fused-ring (bicyclic) bond motifs is 6. The summed E-state index contributed by atoms with van der Waals surface area (Å²) in [5.41, 5.74) is 14.2. The minimum atomic E-state index is 0.857. The highest BCUT2D eigenvalue weighted by Crippen LogP contribution is 2.48. The van der Waals surface area contributed by atoms with Crippen molar-refractivity contribution in [3.8, 4) is 44.5 Å². The van der Waals surface area contributed by atoms with Gasteiger partial charge in [-0.2, -0.15) is 0 Å². The fourth-order valence-corrected chi connectivity index (χ4v) is 9.36. The van der Waals surface area contributed by atoms with Crippen LogP contribution in [-0.4, -0.2) is 0 Å². The SMILES string of the molecule is c1ccc(-c2cccc(-c3ccc(N(c4ccc(-c5ccc6sc7ccccc7c6c5)cc4)c4c(-c5ccccc5)ccc5c4oc4ccccc45)cc3)c2)cc1. The molecule has 57 heavy (non-hydrogen) atoms. The number of nitrogens with zero attached hydrogens (tertiary/aromatic N) is 1. The van der Waals surface area contributed by atoms with Gasteiger partial charge in [-0.05, 0) is 99.6 Å². The van der Waals surface area contributed by atoms with E-state index >= 15 is 0 Å². The predicted octanol–water partition coefficient (Wildman–Crippen LogP) is 16.1. The Balaban J connectivity index is 1.08. The van der Waals surface area contributed by atoms with E-state index in [0.717, 1.165) is 55.7 Å². The van der Waals surface area contributed by atoms with Gasteiger partial charge in [0.2, 0.25) is 0 Å². The smallest absolute Gasteiger partial charge is 0.160 e. The minimum Gasteiger partial charge on any atom is -0.454 e. The lowest BCUT2D eigenvalue weighted by molar-refractivity contribution is 0.669. The highest BCUT2D eigenvalue weighted by Gasteiger charge is 2.24. The van der Waals surface area contributed by atoms with E-state index in [4.69, 9.17) is 4.42 Å². The first-order valence-corrected chi connectivity index (χ1v) is 20.1. The molecule has 0 unspecified atom stereocenters. The Kier molecular flexibility index (Phi) is 8.04. The maximum absolute atomic E-state index is 6.84. The number of rotatable bonds is 7. The van der Waals surface area contributed by atoms with Crippen molar-refractivity contribution in [1.82, 2.24) is 0 Å². The molecule has 2 heterocycles. The van der Waals surface area contributed by atoms with Crippen molar-refractivity contribution in [2.45, 2.75) is 0 Å². The number of hydrogen-bond acceptors (Lipinski definition) is 3. The van der Waals surface area contributed by atoms with Crippen molar-refractivity contribution in [3.05, 3.63) is 212 Å². The van der Waals surface area contributed by atoms with Gasteiger partial charge in [0.1, 0.15) is 5.58 Å². The lowest BCUT2D eigenvalue weighted by Crippen LogP contribution is -2.11. The summed E-state index contributed by atoms with van der Waals surface area (Å²) in [6, 6.07) is 76.3. The third-order valence-corrected chi connectivity index (χ3v) is 12.2. The molecule has 0 N–H and O–H groups in total. The summed E-state index contributed by atoms with van der Waals surface area (Å²) in [6.07, 6.45) is 0. The molecule has 0 aliphatic rings. The van der Waals surface area contributed by atoms with Gasteiger partial charge in [-0.3, -0.25) is 0 Å². The van der Waals surface area contributed by atoms with Gasteiger partial charge in [0.15, 0.2) is 5.58 Å². The number of anilines is 3. The van der Waals surface area contributed by atoms with Crippen molar-refractivity contribution in [3.63, 3.8) is 0 Å². The largest absolute Gasteiger partial charge is 0.454 e. The van der Waals surface area contributed by atoms with Crippen LogP contribution in [0.5, 0.6) is 0 Å². The van der Waals surface area contributed by atoms with E-state index in [9.17, 15) is 0 Å². The van der Waals surface area contributed by atoms with Crippen LogP contribution in [0.4, 0.5) is 17.1 Å². The topological polar surface area (TPSA) is 16.4 Å². The second-order valence-electron chi connectivity index (χ2n) is 14.5. The summed E-state index contributed by atoms with van der Waals surface area (Å²) in [4.78, 5) is 2.37. The molecule has 0 aliphatic heterocycles. The van der Waals surface area contributed by atoms with Crippen LogP contribution in [0.2, 0.25) is 0 Å². The molecule has 268 valence electrons. The first-order valence-electron chi connectivity index (χ1n) is 19.3. The van der Waals surface area contributed by atoms with Crippen molar-refractivity contribution in [2.24, 2.45) is 0 Å². The van der Waals surface area contributed by atoms with Crippen molar-refractivity contribution in [2.75, 3.05) is 4.90 Å². The molecule has 2 aromatic heterocycles. The van der Waals surface area contributed by atoms with Crippen LogP contribution in [0, 0.1) is 0 Å². The second kappa shape index (κ2) is 13.8. The van der Waals surface area contributed by atoms with Crippen molar-refractivity contribution >= 4 is 70.5 Å². The number of benzene rings is 9. The highest BCUT2D eigenvalue weighted by atomic mass is 32.1. The molecular formula is C54H35NOS. The number of para-hydroxylation sites is 1. The maximum Gasteiger partial charge on any atom is 0.160 e. The van der Waals surface area contributed by atoms with Gasteiger partial charge >= 0.3 is 0 Å². The van der Waals surface area contributed by atoms with E-state index in [1.54, 1.807) is 0 Å². The average molecular weight is 746 g/mol. The van der Waals surface area contributed by atoms with E-state index < -0.39 is 0 Å². The Hall–Kier alpha value is -7.20. The maximum atomic E-state index is 6.84.